The van der Waals surface area contributed by atoms with E-state index >= 15 is 0 Å². The van der Waals surface area contributed by atoms with E-state index in [1.54, 1.807) is 21.5 Å². The van der Waals surface area contributed by atoms with Crippen molar-refractivity contribution >= 4 is 32.6 Å². The van der Waals surface area contributed by atoms with Crippen LogP contribution in [0.2, 0.25) is 32.7 Å². The highest BCUT2D eigenvalue weighted by Crippen LogP contribution is 2.55. The second kappa shape index (κ2) is 6.30. The van der Waals surface area contributed by atoms with Gasteiger partial charge in [-0.2, -0.15) is 0 Å². The van der Waals surface area contributed by atoms with Crippen molar-refractivity contribution < 1.29 is 0 Å². The van der Waals surface area contributed by atoms with Crippen LogP contribution in [0.3, 0.4) is 0 Å². The number of hydrogen-bond acceptors (Lipinski definition) is 0. The number of hydrogen-bond donors (Lipinski definition) is 0. The molecule has 1 saturated carbocycles. The summed E-state index contributed by atoms with van der Waals surface area (Å²) in [6.07, 6.45) is 9.78. The van der Waals surface area contributed by atoms with Gasteiger partial charge in [-0.1, -0.05) is 110 Å². The van der Waals surface area contributed by atoms with Gasteiger partial charge in [-0.25, -0.2) is 0 Å². The van der Waals surface area contributed by atoms with Gasteiger partial charge in [-0.3, -0.25) is 0 Å². The average Bonchev–Trinajstić information content (AvgIpc) is 3.14. The maximum absolute atomic E-state index is 2.63. The molecule has 0 spiro atoms. The van der Waals surface area contributed by atoms with Crippen molar-refractivity contribution in [3.63, 3.8) is 0 Å². The van der Waals surface area contributed by atoms with E-state index in [4.69, 9.17) is 0 Å². The lowest BCUT2D eigenvalue weighted by Gasteiger charge is -2.33. The van der Waals surface area contributed by atoms with E-state index in [2.05, 4.69) is 75.2 Å². The molecule has 2 aromatic carbocycles. The lowest BCUT2D eigenvalue weighted by atomic mass is 9.82. The van der Waals surface area contributed by atoms with Gasteiger partial charge in [0.05, 0.1) is 16.1 Å². The minimum Gasteiger partial charge on any atom is -0.0656 e. The second-order valence-corrected chi connectivity index (χ2v) is 20.6. The fourth-order valence-corrected chi connectivity index (χ4v) is 11.3. The van der Waals surface area contributed by atoms with Crippen LogP contribution in [0.4, 0.5) is 0 Å². The van der Waals surface area contributed by atoms with Crippen LogP contribution < -0.4 is 10.4 Å². The predicted molar refractivity (Wildman–Crippen MR) is 129 cm³/mol. The van der Waals surface area contributed by atoms with E-state index in [9.17, 15) is 0 Å². The lowest BCUT2D eigenvalue weighted by molar-refractivity contribution is 0.399. The van der Waals surface area contributed by atoms with Crippen molar-refractivity contribution in [1.29, 1.82) is 0 Å². The monoisotopic (exact) mass is 402 g/mol. The second-order valence-electron chi connectivity index (χ2n) is 11.0. The minimum absolute atomic E-state index is 0.738. The Morgan fingerprint density at radius 1 is 0.857 bits per heavy atom. The molecule has 2 heteroatoms. The molecule has 1 atom stereocenters. The normalized spacial score (nSPS) is 23.2. The summed E-state index contributed by atoms with van der Waals surface area (Å²) >= 11 is 0. The SMILES string of the molecule is C[Si](C)(C)c1ccc(-c2c3ccc4c2C(C(C2CCCCC2)=C4)[Si]3(C)C)cc1. The summed E-state index contributed by atoms with van der Waals surface area (Å²) in [7, 11) is -2.77. The van der Waals surface area contributed by atoms with Gasteiger partial charge in [0.15, 0.2) is 0 Å². The van der Waals surface area contributed by atoms with Gasteiger partial charge in [0.25, 0.3) is 0 Å². The van der Waals surface area contributed by atoms with E-state index in [0.717, 1.165) is 11.5 Å². The Balaban J connectivity index is 1.61. The lowest BCUT2D eigenvalue weighted by Crippen LogP contribution is -2.44. The summed E-state index contributed by atoms with van der Waals surface area (Å²) in [5, 5.41) is 3.28. The van der Waals surface area contributed by atoms with Crippen molar-refractivity contribution in [2.45, 2.75) is 70.4 Å². The Bertz CT molecular complexity index is 951. The quantitative estimate of drug-likeness (QED) is 0.519. The van der Waals surface area contributed by atoms with Crippen molar-refractivity contribution in [2.75, 3.05) is 0 Å². The van der Waals surface area contributed by atoms with Gasteiger partial charge in [-0.05, 0) is 41.0 Å². The van der Waals surface area contributed by atoms with Crippen molar-refractivity contribution in [1.82, 2.24) is 0 Å². The van der Waals surface area contributed by atoms with Crippen LogP contribution in [-0.2, 0) is 0 Å². The Morgan fingerprint density at radius 3 is 2.18 bits per heavy atom. The summed E-state index contributed by atoms with van der Waals surface area (Å²) < 4.78 is 0. The summed E-state index contributed by atoms with van der Waals surface area (Å²) in [6, 6.07) is 14.6. The first-order valence-corrected chi connectivity index (χ1v) is 17.9. The summed E-state index contributed by atoms with van der Waals surface area (Å²) in [4.78, 5) is 0. The zero-order valence-corrected chi connectivity index (χ0v) is 20.2. The topological polar surface area (TPSA) is 0 Å². The Hall–Kier alpha value is -1.39. The molecule has 0 saturated heterocycles. The Kier molecular flexibility index (Phi) is 4.19. The smallest absolute Gasteiger partial charge is 0.0656 e. The summed E-state index contributed by atoms with van der Waals surface area (Å²) in [5.41, 5.74) is 8.88. The average molecular weight is 403 g/mol. The van der Waals surface area contributed by atoms with Crippen LogP contribution in [0, 0.1) is 5.92 Å². The van der Waals surface area contributed by atoms with Crippen LogP contribution >= 0.6 is 0 Å². The van der Waals surface area contributed by atoms with E-state index in [-0.39, 0.29) is 0 Å². The van der Waals surface area contributed by atoms with Crippen LogP contribution in [-0.4, -0.2) is 16.1 Å². The third kappa shape index (κ3) is 2.68. The van der Waals surface area contributed by atoms with Gasteiger partial charge in [0.1, 0.15) is 0 Å². The highest BCUT2D eigenvalue weighted by atomic mass is 28.3. The predicted octanol–water partition coefficient (Wildman–Crippen LogP) is 6.43. The molecule has 1 aliphatic heterocycles. The maximum Gasteiger partial charge on any atom is 0.0931 e. The third-order valence-electron chi connectivity index (χ3n) is 7.76. The maximum atomic E-state index is 2.63. The molecule has 1 heterocycles. The van der Waals surface area contributed by atoms with E-state index < -0.39 is 16.1 Å². The van der Waals surface area contributed by atoms with E-state index in [1.807, 2.05) is 5.57 Å². The molecule has 3 aliphatic rings. The third-order valence-corrected chi connectivity index (χ3v) is 13.7. The summed E-state index contributed by atoms with van der Waals surface area (Å²) in [5.74, 6) is 0.847. The van der Waals surface area contributed by atoms with Crippen LogP contribution in [0.15, 0.2) is 42.0 Å². The summed E-state index contributed by atoms with van der Waals surface area (Å²) in [6.45, 7) is 12.6. The van der Waals surface area contributed by atoms with Gasteiger partial charge in [0.2, 0.25) is 0 Å². The Labute approximate surface area is 173 Å². The van der Waals surface area contributed by atoms with Crippen LogP contribution in [0.25, 0.3) is 17.2 Å². The van der Waals surface area contributed by atoms with Gasteiger partial charge in [-0.15, -0.1) is 0 Å². The molecule has 0 nitrogen and oxygen atoms in total. The molecular formula is C26H34Si2. The fourth-order valence-electron chi connectivity index (χ4n) is 6.21. The fraction of sp³-hybridized carbons (Fsp3) is 0.462. The molecule has 2 aliphatic carbocycles. The molecule has 2 aromatic rings. The molecule has 28 heavy (non-hydrogen) atoms. The highest BCUT2D eigenvalue weighted by Gasteiger charge is 2.50. The van der Waals surface area contributed by atoms with Crippen molar-refractivity contribution in [2.24, 2.45) is 5.92 Å². The van der Waals surface area contributed by atoms with E-state index in [0.29, 0.717) is 0 Å². The number of benzene rings is 2. The molecule has 5 rings (SSSR count). The number of rotatable bonds is 3. The zero-order valence-electron chi connectivity index (χ0n) is 18.2. The molecular weight excluding hydrogens is 368 g/mol. The van der Waals surface area contributed by atoms with Crippen molar-refractivity contribution in [3.05, 3.63) is 53.1 Å². The molecule has 0 aromatic heterocycles. The number of allylic oxidation sites excluding steroid dienone is 1. The highest BCUT2D eigenvalue weighted by molar-refractivity contribution is 6.94. The number of fused-ring (bicyclic) bond motifs is 1. The molecule has 0 N–H and O–H groups in total. The van der Waals surface area contributed by atoms with Crippen LogP contribution in [0.5, 0.6) is 0 Å². The molecule has 2 bridgehead atoms. The van der Waals surface area contributed by atoms with Gasteiger partial charge in [0, 0.05) is 5.54 Å². The zero-order chi connectivity index (χ0) is 19.7. The molecule has 146 valence electrons. The van der Waals surface area contributed by atoms with Gasteiger partial charge >= 0.3 is 0 Å². The van der Waals surface area contributed by atoms with Gasteiger partial charge < -0.3 is 0 Å². The van der Waals surface area contributed by atoms with Crippen molar-refractivity contribution in [3.8, 4) is 11.1 Å². The largest absolute Gasteiger partial charge is 0.0931 e. The minimum atomic E-state index is -1.53. The molecule has 0 radical (unpaired) electrons. The van der Waals surface area contributed by atoms with E-state index in [1.165, 1.54) is 43.2 Å². The first-order chi connectivity index (χ1) is 13.3. The Morgan fingerprint density at radius 2 is 1.54 bits per heavy atom. The molecule has 1 unspecified atom stereocenters. The molecule has 0 amide bonds. The first-order valence-electron chi connectivity index (χ1n) is 11.3. The first kappa shape index (κ1) is 18.6. The standard InChI is InChI=1S/C26H34Si2/c1-27(2,3)21-14-11-19(12-15-21)24-23-16-13-20-17-22(18-9-7-6-8-10-18)26(25(20)24)28(23,4)5/h11-18,26H,6-10H2,1-5H3. The molecule has 1 fully saturated rings. The van der Waals surface area contributed by atoms with Crippen LogP contribution in [0.1, 0.15) is 48.8 Å².